The molecule has 0 saturated carbocycles. The second-order valence-electron chi connectivity index (χ2n) is 4.47. The zero-order valence-electron chi connectivity index (χ0n) is 10.2. The van der Waals surface area contributed by atoms with Gasteiger partial charge in [-0.2, -0.15) is 11.8 Å². The van der Waals surface area contributed by atoms with Gasteiger partial charge in [0.15, 0.2) is 0 Å². The Morgan fingerprint density at radius 3 is 3.06 bits per heavy atom. The average Bonchev–Trinajstić information content (AvgIpc) is 2.33. The number of carboxylic acids is 1. The Morgan fingerprint density at radius 2 is 2.39 bits per heavy atom. The zero-order chi connectivity index (χ0) is 13.1. The Labute approximate surface area is 110 Å². The lowest BCUT2D eigenvalue weighted by atomic mass is 10.1. The van der Waals surface area contributed by atoms with Crippen LogP contribution >= 0.6 is 11.8 Å². The molecule has 1 aliphatic heterocycles. The third-order valence-corrected chi connectivity index (χ3v) is 4.23. The van der Waals surface area contributed by atoms with Crippen molar-refractivity contribution in [1.29, 1.82) is 0 Å². The standard InChI is InChI=1S/C13H16FNO2S/c1-9-6-11(14)3-2-10(9)7-15-4-5-18-8-12(15)13(16)17/h2-3,6,12H,4-5,7-8H2,1H3,(H,16,17). The van der Waals surface area contributed by atoms with E-state index in [-0.39, 0.29) is 5.82 Å². The fourth-order valence-electron chi connectivity index (χ4n) is 2.11. The molecule has 0 radical (unpaired) electrons. The molecule has 1 aliphatic rings. The van der Waals surface area contributed by atoms with E-state index in [2.05, 4.69) is 0 Å². The van der Waals surface area contributed by atoms with Gasteiger partial charge in [-0.1, -0.05) is 6.07 Å². The normalized spacial score (nSPS) is 20.9. The van der Waals surface area contributed by atoms with Crippen molar-refractivity contribution >= 4 is 17.7 Å². The van der Waals surface area contributed by atoms with Crippen molar-refractivity contribution < 1.29 is 14.3 Å². The number of rotatable bonds is 3. The van der Waals surface area contributed by atoms with Crippen molar-refractivity contribution in [3.63, 3.8) is 0 Å². The first-order valence-corrected chi connectivity index (χ1v) is 7.03. The summed E-state index contributed by atoms with van der Waals surface area (Å²) in [6.45, 7) is 3.19. The van der Waals surface area contributed by atoms with Gasteiger partial charge >= 0.3 is 5.97 Å². The molecule has 1 atom stereocenters. The van der Waals surface area contributed by atoms with Crippen molar-refractivity contribution in [3.05, 3.63) is 35.1 Å². The third kappa shape index (κ3) is 3.03. The molecule has 0 aliphatic carbocycles. The average molecular weight is 269 g/mol. The van der Waals surface area contributed by atoms with Gasteiger partial charge in [0.05, 0.1) is 0 Å². The van der Waals surface area contributed by atoms with Crippen LogP contribution < -0.4 is 0 Å². The second kappa shape index (κ2) is 5.71. The lowest BCUT2D eigenvalue weighted by molar-refractivity contribution is -0.142. The van der Waals surface area contributed by atoms with Gasteiger partial charge in [-0.25, -0.2) is 4.39 Å². The van der Waals surface area contributed by atoms with Gasteiger partial charge in [0.1, 0.15) is 11.9 Å². The molecule has 1 aromatic carbocycles. The molecule has 2 rings (SSSR count). The molecule has 0 bridgehead atoms. The van der Waals surface area contributed by atoms with E-state index in [1.807, 2.05) is 11.8 Å². The van der Waals surface area contributed by atoms with Crippen LogP contribution in [0.2, 0.25) is 0 Å². The van der Waals surface area contributed by atoms with Crippen LogP contribution in [0.1, 0.15) is 11.1 Å². The molecule has 1 N–H and O–H groups in total. The van der Waals surface area contributed by atoms with E-state index in [1.165, 1.54) is 12.1 Å². The van der Waals surface area contributed by atoms with E-state index in [0.717, 1.165) is 23.4 Å². The molecule has 1 saturated heterocycles. The third-order valence-electron chi connectivity index (χ3n) is 3.20. The number of carbonyl (C=O) groups is 1. The fraction of sp³-hybridized carbons (Fsp3) is 0.462. The van der Waals surface area contributed by atoms with E-state index in [1.54, 1.807) is 17.8 Å². The summed E-state index contributed by atoms with van der Waals surface area (Å²) >= 11 is 1.67. The summed E-state index contributed by atoms with van der Waals surface area (Å²) in [5, 5.41) is 9.19. The minimum atomic E-state index is -0.776. The number of thioether (sulfide) groups is 1. The van der Waals surface area contributed by atoms with Crippen LogP contribution in [0.15, 0.2) is 18.2 Å². The molecule has 3 nitrogen and oxygen atoms in total. The largest absolute Gasteiger partial charge is 0.480 e. The predicted molar refractivity (Wildman–Crippen MR) is 70.3 cm³/mol. The van der Waals surface area contributed by atoms with E-state index < -0.39 is 12.0 Å². The van der Waals surface area contributed by atoms with Crippen molar-refractivity contribution in [2.24, 2.45) is 0 Å². The number of aryl methyl sites for hydroxylation is 1. The minimum Gasteiger partial charge on any atom is -0.480 e. The highest BCUT2D eigenvalue weighted by molar-refractivity contribution is 7.99. The van der Waals surface area contributed by atoms with E-state index in [9.17, 15) is 14.3 Å². The van der Waals surface area contributed by atoms with Crippen LogP contribution in [0, 0.1) is 12.7 Å². The Kier molecular flexibility index (Phi) is 4.24. The first-order chi connectivity index (χ1) is 8.58. The summed E-state index contributed by atoms with van der Waals surface area (Å²) in [7, 11) is 0. The van der Waals surface area contributed by atoms with Gasteiger partial charge in [-0.3, -0.25) is 9.69 Å². The first-order valence-electron chi connectivity index (χ1n) is 5.87. The lowest BCUT2D eigenvalue weighted by Gasteiger charge is -2.32. The number of halogens is 1. The van der Waals surface area contributed by atoms with Crippen LogP contribution in [0.4, 0.5) is 4.39 Å². The molecular weight excluding hydrogens is 253 g/mol. The summed E-state index contributed by atoms with van der Waals surface area (Å²) < 4.78 is 13.0. The van der Waals surface area contributed by atoms with E-state index >= 15 is 0 Å². The molecule has 18 heavy (non-hydrogen) atoms. The highest BCUT2D eigenvalue weighted by Gasteiger charge is 2.28. The van der Waals surface area contributed by atoms with E-state index in [4.69, 9.17) is 0 Å². The van der Waals surface area contributed by atoms with Crippen LogP contribution in [0.3, 0.4) is 0 Å². The smallest absolute Gasteiger partial charge is 0.321 e. The maximum absolute atomic E-state index is 13.0. The number of benzene rings is 1. The van der Waals surface area contributed by atoms with Crippen molar-refractivity contribution in [1.82, 2.24) is 4.90 Å². The Balaban J connectivity index is 2.13. The SMILES string of the molecule is Cc1cc(F)ccc1CN1CCSCC1C(=O)O. The molecule has 0 spiro atoms. The van der Waals surface area contributed by atoms with Crippen molar-refractivity contribution in [2.75, 3.05) is 18.1 Å². The predicted octanol–water partition coefficient (Wildman–Crippen LogP) is 2.14. The molecular formula is C13H16FNO2S. The lowest BCUT2D eigenvalue weighted by Crippen LogP contribution is -2.46. The number of aliphatic carboxylic acids is 1. The number of hydrogen-bond donors (Lipinski definition) is 1. The first kappa shape index (κ1) is 13.4. The zero-order valence-corrected chi connectivity index (χ0v) is 11.0. The second-order valence-corrected chi connectivity index (χ2v) is 5.62. The topological polar surface area (TPSA) is 40.5 Å². The maximum Gasteiger partial charge on any atom is 0.321 e. The molecule has 1 heterocycles. The summed E-state index contributed by atoms with van der Waals surface area (Å²) in [5.41, 5.74) is 1.87. The minimum absolute atomic E-state index is 0.250. The highest BCUT2D eigenvalue weighted by Crippen LogP contribution is 2.21. The van der Waals surface area contributed by atoms with Crippen molar-refractivity contribution in [2.45, 2.75) is 19.5 Å². The maximum atomic E-state index is 13.0. The van der Waals surface area contributed by atoms with Crippen LogP contribution in [0.25, 0.3) is 0 Å². The molecule has 1 fully saturated rings. The highest BCUT2D eigenvalue weighted by atomic mass is 32.2. The van der Waals surface area contributed by atoms with Gasteiger partial charge < -0.3 is 5.11 Å². The number of carboxylic acid groups (broad SMARTS) is 1. The Hall–Kier alpha value is -1.07. The molecule has 0 amide bonds. The summed E-state index contributed by atoms with van der Waals surface area (Å²) in [4.78, 5) is 13.1. The summed E-state index contributed by atoms with van der Waals surface area (Å²) in [6, 6.07) is 4.22. The quantitative estimate of drug-likeness (QED) is 0.912. The molecule has 98 valence electrons. The summed E-state index contributed by atoms with van der Waals surface area (Å²) in [6.07, 6.45) is 0. The van der Waals surface area contributed by atoms with Crippen LogP contribution in [-0.4, -0.2) is 40.1 Å². The number of hydrogen-bond acceptors (Lipinski definition) is 3. The van der Waals surface area contributed by atoms with Crippen LogP contribution in [-0.2, 0) is 11.3 Å². The molecule has 1 aromatic rings. The van der Waals surface area contributed by atoms with Gasteiger partial charge in [0, 0.05) is 24.6 Å². The Morgan fingerprint density at radius 1 is 1.61 bits per heavy atom. The molecule has 5 heteroatoms. The molecule has 1 unspecified atom stereocenters. The number of nitrogens with zero attached hydrogens (tertiary/aromatic N) is 1. The van der Waals surface area contributed by atoms with Gasteiger partial charge in [0.25, 0.3) is 0 Å². The monoisotopic (exact) mass is 269 g/mol. The van der Waals surface area contributed by atoms with E-state index in [0.29, 0.717) is 12.3 Å². The fourth-order valence-corrected chi connectivity index (χ4v) is 3.22. The summed E-state index contributed by atoms with van der Waals surface area (Å²) in [5.74, 6) is 0.543. The van der Waals surface area contributed by atoms with Gasteiger partial charge in [-0.15, -0.1) is 0 Å². The van der Waals surface area contributed by atoms with Crippen molar-refractivity contribution in [3.8, 4) is 0 Å². The van der Waals surface area contributed by atoms with Gasteiger partial charge in [-0.05, 0) is 30.2 Å². The van der Waals surface area contributed by atoms with Crippen LogP contribution in [0.5, 0.6) is 0 Å². The van der Waals surface area contributed by atoms with Gasteiger partial charge in [0.2, 0.25) is 0 Å². The Bertz CT molecular complexity index is 453. The molecule has 0 aromatic heterocycles.